The highest BCUT2D eigenvalue weighted by Crippen LogP contribution is 2.20. The molecule has 0 aliphatic rings. The van der Waals surface area contributed by atoms with Gasteiger partial charge in [-0.3, -0.25) is 4.79 Å². The van der Waals surface area contributed by atoms with E-state index in [9.17, 15) is 4.79 Å². The molecule has 1 unspecified atom stereocenters. The lowest BCUT2D eigenvalue weighted by molar-refractivity contribution is -0.149. The fourth-order valence-electron chi connectivity index (χ4n) is 2.91. The van der Waals surface area contributed by atoms with Gasteiger partial charge in [-0.25, -0.2) is 4.98 Å². The summed E-state index contributed by atoms with van der Waals surface area (Å²) in [5, 5.41) is 0. The lowest BCUT2D eigenvalue weighted by Crippen LogP contribution is -2.21. The van der Waals surface area contributed by atoms with Crippen LogP contribution in [0.3, 0.4) is 0 Å². The van der Waals surface area contributed by atoms with Crippen molar-refractivity contribution in [1.29, 1.82) is 0 Å². The molecule has 3 aromatic rings. The second-order valence-corrected chi connectivity index (χ2v) is 7.53. The Morgan fingerprint density at radius 2 is 1.70 bits per heavy atom. The molecule has 0 fully saturated rings. The van der Waals surface area contributed by atoms with Gasteiger partial charge in [-0.15, -0.1) is 0 Å². The minimum atomic E-state index is -0.324. The van der Waals surface area contributed by atoms with E-state index in [4.69, 9.17) is 9.47 Å². The van der Waals surface area contributed by atoms with Crippen LogP contribution < -0.4 is 4.74 Å². The topological polar surface area (TPSA) is 48.4 Å². The molecule has 1 heterocycles. The standard InChI is InChI=1S/C26H27NO3/c1-19(2)24(17-16-21-14-12-20(3)13-15-21)26(28)29-18-22-8-7-11-25(27-22)30-23-9-5-4-6-10-23/h4-17,19,24H,18H2,1-3H3. The van der Waals surface area contributed by atoms with Crippen LogP contribution in [0.4, 0.5) is 0 Å². The van der Waals surface area contributed by atoms with Gasteiger partial charge in [0.2, 0.25) is 5.88 Å². The maximum Gasteiger partial charge on any atom is 0.313 e. The molecule has 0 N–H and O–H groups in total. The minimum Gasteiger partial charge on any atom is -0.459 e. The predicted molar refractivity (Wildman–Crippen MR) is 119 cm³/mol. The first-order valence-electron chi connectivity index (χ1n) is 10.1. The Kier molecular flexibility index (Phi) is 7.39. The van der Waals surface area contributed by atoms with Crippen LogP contribution in [-0.4, -0.2) is 11.0 Å². The molecule has 0 aliphatic heterocycles. The molecule has 3 rings (SSSR count). The minimum absolute atomic E-state index is 0.104. The van der Waals surface area contributed by atoms with E-state index in [0.29, 0.717) is 17.3 Å². The molecular formula is C26H27NO3. The van der Waals surface area contributed by atoms with Crippen LogP contribution >= 0.6 is 0 Å². The van der Waals surface area contributed by atoms with E-state index in [1.165, 1.54) is 5.56 Å². The fraction of sp³-hybridized carbons (Fsp3) is 0.231. The first-order chi connectivity index (χ1) is 14.5. The highest BCUT2D eigenvalue weighted by molar-refractivity contribution is 5.76. The van der Waals surface area contributed by atoms with Crippen molar-refractivity contribution in [1.82, 2.24) is 4.98 Å². The summed E-state index contributed by atoms with van der Waals surface area (Å²) in [5.41, 5.74) is 2.91. The van der Waals surface area contributed by atoms with Crippen molar-refractivity contribution in [3.8, 4) is 11.6 Å². The van der Waals surface area contributed by atoms with Gasteiger partial charge >= 0.3 is 5.97 Å². The van der Waals surface area contributed by atoms with E-state index in [1.54, 1.807) is 6.07 Å². The average molecular weight is 402 g/mol. The summed E-state index contributed by atoms with van der Waals surface area (Å²) in [6.45, 7) is 6.18. The van der Waals surface area contributed by atoms with E-state index < -0.39 is 0 Å². The van der Waals surface area contributed by atoms with Gasteiger partial charge in [-0.05, 0) is 36.6 Å². The smallest absolute Gasteiger partial charge is 0.313 e. The van der Waals surface area contributed by atoms with Crippen molar-refractivity contribution in [3.63, 3.8) is 0 Å². The zero-order valence-corrected chi connectivity index (χ0v) is 17.6. The van der Waals surface area contributed by atoms with E-state index in [-0.39, 0.29) is 24.4 Å². The second kappa shape index (κ2) is 10.4. The molecule has 1 aromatic heterocycles. The number of ether oxygens (including phenoxy) is 2. The molecule has 0 saturated carbocycles. The van der Waals surface area contributed by atoms with Gasteiger partial charge < -0.3 is 9.47 Å². The van der Waals surface area contributed by atoms with Crippen LogP contribution in [-0.2, 0) is 16.1 Å². The van der Waals surface area contributed by atoms with E-state index in [2.05, 4.69) is 24.0 Å². The molecule has 30 heavy (non-hydrogen) atoms. The number of carbonyl (C=O) groups excluding carboxylic acids is 1. The highest BCUT2D eigenvalue weighted by Gasteiger charge is 2.21. The Hall–Kier alpha value is -3.40. The number of para-hydroxylation sites is 1. The normalized spacial score (nSPS) is 12.1. The number of esters is 1. The molecule has 0 radical (unpaired) electrons. The summed E-state index contributed by atoms with van der Waals surface area (Å²) in [4.78, 5) is 17.1. The Bertz CT molecular complexity index is 979. The molecule has 2 aromatic carbocycles. The van der Waals surface area contributed by atoms with Gasteiger partial charge in [0.1, 0.15) is 12.4 Å². The molecule has 0 bridgehead atoms. The molecule has 154 valence electrons. The maximum absolute atomic E-state index is 12.7. The van der Waals surface area contributed by atoms with Gasteiger partial charge in [0, 0.05) is 6.07 Å². The van der Waals surface area contributed by atoms with E-state index in [0.717, 1.165) is 5.56 Å². The third-order valence-electron chi connectivity index (χ3n) is 4.67. The van der Waals surface area contributed by atoms with Crippen LogP contribution in [0.15, 0.2) is 78.9 Å². The second-order valence-electron chi connectivity index (χ2n) is 7.53. The maximum atomic E-state index is 12.7. The van der Waals surface area contributed by atoms with Crippen LogP contribution in [0, 0.1) is 18.8 Å². The van der Waals surface area contributed by atoms with Gasteiger partial charge in [-0.1, -0.05) is 80.1 Å². The Morgan fingerprint density at radius 1 is 0.967 bits per heavy atom. The summed E-state index contributed by atoms with van der Waals surface area (Å²) in [5.74, 6) is 0.717. The number of rotatable bonds is 8. The van der Waals surface area contributed by atoms with Crippen LogP contribution in [0.2, 0.25) is 0 Å². The van der Waals surface area contributed by atoms with Crippen molar-refractivity contribution in [2.75, 3.05) is 0 Å². The summed E-state index contributed by atoms with van der Waals surface area (Å²) < 4.78 is 11.3. The van der Waals surface area contributed by atoms with Gasteiger partial charge in [-0.2, -0.15) is 0 Å². The highest BCUT2D eigenvalue weighted by atomic mass is 16.5. The number of hydrogen-bond donors (Lipinski definition) is 0. The lowest BCUT2D eigenvalue weighted by atomic mass is 9.94. The third-order valence-corrected chi connectivity index (χ3v) is 4.67. The largest absolute Gasteiger partial charge is 0.459 e. The van der Waals surface area contributed by atoms with Crippen LogP contribution in [0.5, 0.6) is 11.6 Å². The number of nitrogens with zero attached hydrogens (tertiary/aromatic N) is 1. The molecule has 4 nitrogen and oxygen atoms in total. The summed E-state index contributed by atoms with van der Waals surface area (Å²) in [7, 11) is 0. The summed E-state index contributed by atoms with van der Waals surface area (Å²) >= 11 is 0. The number of pyridine rings is 1. The predicted octanol–water partition coefficient (Wildman–Crippen LogP) is 6.21. The first kappa shape index (κ1) is 21.3. The zero-order valence-electron chi connectivity index (χ0n) is 17.6. The summed E-state index contributed by atoms with van der Waals surface area (Å²) in [6, 6.07) is 23.1. The van der Waals surface area contributed by atoms with Gasteiger partial charge in [0.05, 0.1) is 11.6 Å². The van der Waals surface area contributed by atoms with Crippen LogP contribution in [0.1, 0.15) is 30.7 Å². The third kappa shape index (κ3) is 6.31. The quantitative estimate of drug-likeness (QED) is 0.421. The lowest BCUT2D eigenvalue weighted by Gasteiger charge is -2.16. The molecule has 0 aliphatic carbocycles. The zero-order chi connectivity index (χ0) is 21.3. The summed E-state index contributed by atoms with van der Waals surface area (Å²) in [6.07, 6.45) is 3.89. The fourth-order valence-corrected chi connectivity index (χ4v) is 2.91. The first-order valence-corrected chi connectivity index (χ1v) is 10.1. The van der Waals surface area contributed by atoms with Crippen molar-refractivity contribution >= 4 is 12.0 Å². The number of carbonyl (C=O) groups is 1. The van der Waals surface area contributed by atoms with Crippen molar-refractivity contribution in [3.05, 3.63) is 95.7 Å². The van der Waals surface area contributed by atoms with E-state index >= 15 is 0 Å². The number of hydrogen-bond acceptors (Lipinski definition) is 4. The SMILES string of the molecule is Cc1ccc(C=CC(C(=O)OCc2cccc(Oc3ccccc3)n2)C(C)C)cc1. The Labute approximate surface area is 178 Å². The van der Waals surface area contributed by atoms with Crippen molar-refractivity contribution in [2.45, 2.75) is 27.4 Å². The van der Waals surface area contributed by atoms with Crippen molar-refractivity contribution in [2.24, 2.45) is 11.8 Å². The molecule has 0 amide bonds. The number of benzene rings is 2. The average Bonchev–Trinajstić information content (AvgIpc) is 2.74. The molecule has 0 saturated heterocycles. The van der Waals surface area contributed by atoms with Crippen molar-refractivity contribution < 1.29 is 14.3 Å². The monoisotopic (exact) mass is 401 g/mol. The van der Waals surface area contributed by atoms with Crippen LogP contribution in [0.25, 0.3) is 6.08 Å². The molecular weight excluding hydrogens is 374 g/mol. The Balaban J connectivity index is 1.61. The van der Waals surface area contributed by atoms with Gasteiger partial charge in [0.25, 0.3) is 0 Å². The molecule has 4 heteroatoms. The number of aryl methyl sites for hydroxylation is 1. The molecule has 1 atom stereocenters. The molecule has 0 spiro atoms. The van der Waals surface area contributed by atoms with E-state index in [1.807, 2.05) is 80.6 Å². The van der Waals surface area contributed by atoms with Gasteiger partial charge in [0.15, 0.2) is 0 Å². The number of aromatic nitrogens is 1. The Morgan fingerprint density at radius 3 is 2.40 bits per heavy atom.